The fourth-order valence-corrected chi connectivity index (χ4v) is 4.09. The molecule has 1 aromatic heterocycles. The van der Waals surface area contributed by atoms with Crippen LogP contribution in [0.4, 0.5) is 0 Å². The Morgan fingerprint density at radius 2 is 1.52 bits per heavy atom. The van der Waals surface area contributed by atoms with E-state index >= 15 is 0 Å². The van der Waals surface area contributed by atoms with Gasteiger partial charge in [-0.15, -0.1) is 0 Å². The molecule has 0 saturated heterocycles. The second-order valence-corrected chi connectivity index (χ2v) is 8.31. The Morgan fingerprint density at radius 3 is 2.07 bits per heavy atom. The van der Waals surface area contributed by atoms with Gasteiger partial charge in [0.05, 0.1) is 18.2 Å². The Hall–Kier alpha value is -2.88. The third-order valence-electron chi connectivity index (χ3n) is 5.97. The lowest BCUT2D eigenvalue weighted by atomic mass is 9.90. The summed E-state index contributed by atoms with van der Waals surface area (Å²) in [5.74, 6) is 1.10. The highest BCUT2D eigenvalue weighted by molar-refractivity contribution is 5.87. The SMILES string of the molecule is O=C(NCCn1nc(C2CC2)cc1C1CC1)C(c1ccccc1)c1ccccc1. The van der Waals surface area contributed by atoms with Crippen molar-refractivity contribution in [3.63, 3.8) is 0 Å². The molecule has 5 rings (SSSR count). The van der Waals surface area contributed by atoms with Crippen molar-refractivity contribution in [1.82, 2.24) is 15.1 Å². The van der Waals surface area contributed by atoms with Gasteiger partial charge in [0.1, 0.15) is 0 Å². The van der Waals surface area contributed by atoms with Gasteiger partial charge in [-0.1, -0.05) is 60.7 Å². The first-order valence-electron chi connectivity index (χ1n) is 10.7. The average Bonchev–Trinajstić information content (AvgIpc) is 3.69. The van der Waals surface area contributed by atoms with E-state index in [2.05, 4.69) is 16.1 Å². The van der Waals surface area contributed by atoms with Crippen molar-refractivity contribution in [2.45, 2.75) is 50.0 Å². The number of nitrogens with zero attached hydrogens (tertiary/aromatic N) is 2. The van der Waals surface area contributed by atoms with Crippen LogP contribution in [0, 0.1) is 0 Å². The molecule has 2 aromatic carbocycles. The van der Waals surface area contributed by atoms with Gasteiger partial charge in [-0.25, -0.2) is 0 Å². The monoisotopic (exact) mass is 385 g/mol. The van der Waals surface area contributed by atoms with Gasteiger partial charge in [0, 0.05) is 24.1 Å². The molecule has 0 radical (unpaired) electrons. The number of hydrogen-bond acceptors (Lipinski definition) is 2. The van der Waals surface area contributed by atoms with Gasteiger partial charge < -0.3 is 5.32 Å². The number of carbonyl (C=O) groups is 1. The lowest BCUT2D eigenvalue weighted by molar-refractivity contribution is -0.121. The Kier molecular flexibility index (Phi) is 4.92. The molecule has 3 aromatic rings. The highest BCUT2D eigenvalue weighted by atomic mass is 16.1. The molecule has 148 valence electrons. The number of rotatable bonds is 8. The molecule has 29 heavy (non-hydrogen) atoms. The maximum atomic E-state index is 13.1. The highest BCUT2D eigenvalue weighted by Gasteiger charge is 2.32. The molecule has 0 bridgehead atoms. The van der Waals surface area contributed by atoms with E-state index in [0.29, 0.717) is 18.4 Å². The zero-order valence-corrected chi connectivity index (χ0v) is 16.6. The molecular weight excluding hydrogens is 358 g/mol. The Labute approximate surface area is 172 Å². The zero-order valence-electron chi connectivity index (χ0n) is 16.6. The molecule has 4 nitrogen and oxygen atoms in total. The molecule has 1 amide bonds. The predicted molar refractivity (Wildman–Crippen MR) is 114 cm³/mol. The zero-order chi connectivity index (χ0) is 19.6. The molecule has 0 atom stereocenters. The number of benzene rings is 2. The summed E-state index contributed by atoms with van der Waals surface area (Å²) in [6.45, 7) is 1.33. The summed E-state index contributed by atoms with van der Waals surface area (Å²) < 4.78 is 2.14. The maximum Gasteiger partial charge on any atom is 0.232 e. The van der Waals surface area contributed by atoms with E-state index in [9.17, 15) is 4.79 Å². The van der Waals surface area contributed by atoms with Crippen LogP contribution in [0.3, 0.4) is 0 Å². The Balaban J connectivity index is 1.29. The summed E-state index contributed by atoms with van der Waals surface area (Å²) in [7, 11) is 0. The van der Waals surface area contributed by atoms with Crippen LogP contribution in [-0.2, 0) is 11.3 Å². The van der Waals surface area contributed by atoms with Gasteiger partial charge in [-0.2, -0.15) is 5.10 Å². The van der Waals surface area contributed by atoms with Crippen molar-refractivity contribution in [2.24, 2.45) is 0 Å². The summed E-state index contributed by atoms with van der Waals surface area (Å²) >= 11 is 0. The number of amides is 1. The fourth-order valence-electron chi connectivity index (χ4n) is 4.09. The summed E-state index contributed by atoms with van der Waals surface area (Å²) in [6, 6.07) is 22.3. The smallest absolute Gasteiger partial charge is 0.232 e. The van der Waals surface area contributed by atoms with Crippen LogP contribution in [0.1, 0.15) is 66.0 Å². The Morgan fingerprint density at radius 1 is 0.931 bits per heavy atom. The molecule has 2 saturated carbocycles. The van der Waals surface area contributed by atoms with Crippen molar-refractivity contribution in [1.29, 1.82) is 0 Å². The molecular formula is C25H27N3O. The van der Waals surface area contributed by atoms with E-state index in [0.717, 1.165) is 17.7 Å². The van der Waals surface area contributed by atoms with Crippen molar-refractivity contribution in [3.05, 3.63) is 89.2 Å². The van der Waals surface area contributed by atoms with Crippen molar-refractivity contribution >= 4 is 5.91 Å². The highest BCUT2D eigenvalue weighted by Crippen LogP contribution is 2.44. The van der Waals surface area contributed by atoms with E-state index < -0.39 is 0 Å². The first-order chi connectivity index (χ1) is 14.3. The van der Waals surface area contributed by atoms with Crippen molar-refractivity contribution in [3.8, 4) is 0 Å². The number of nitrogens with one attached hydrogen (secondary N) is 1. The van der Waals surface area contributed by atoms with Gasteiger partial charge >= 0.3 is 0 Å². The summed E-state index contributed by atoms with van der Waals surface area (Å²) in [4.78, 5) is 13.1. The first-order valence-corrected chi connectivity index (χ1v) is 10.7. The minimum atomic E-state index is -0.292. The molecule has 0 spiro atoms. The van der Waals surface area contributed by atoms with Gasteiger partial charge in [0.2, 0.25) is 5.91 Å². The minimum Gasteiger partial charge on any atom is -0.353 e. The van der Waals surface area contributed by atoms with Crippen molar-refractivity contribution in [2.75, 3.05) is 6.54 Å². The van der Waals surface area contributed by atoms with Crippen LogP contribution in [0.2, 0.25) is 0 Å². The molecule has 4 heteroatoms. The largest absolute Gasteiger partial charge is 0.353 e. The predicted octanol–water partition coefficient (Wildman–Crippen LogP) is 4.59. The van der Waals surface area contributed by atoms with E-state index in [1.807, 2.05) is 60.7 Å². The minimum absolute atomic E-state index is 0.0462. The number of carbonyl (C=O) groups excluding carboxylic acids is 1. The molecule has 1 N–H and O–H groups in total. The fraction of sp³-hybridized carbons (Fsp3) is 0.360. The second kappa shape index (κ2) is 7.86. The van der Waals surface area contributed by atoms with Gasteiger partial charge in [0.15, 0.2) is 0 Å². The van der Waals surface area contributed by atoms with E-state index in [4.69, 9.17) is 5.10 Å². The lowest BCUT2D eigenvalue weighted by Gasteiger charge is -2.18. The van der Waals surface area contributed by atoms with E-state index in [1.54, 1.807) is 0 Å². The molecule has 0 aliphatic heterocycles. The van der Waals surface area contributed by atoms with Gasteiger partial charge in [0.25, 0.3) is 0 Å². The summed E-state index contributed by atoms with van der Waals surface area (Å²) in [5, 5.41) is 8.03. The van der Waals surface area contributed by atoms with Crippen LogP contribution in [0.25, 0.3) is 0 Å². The van der Waals surface area contributed by atoms with Crippen LogP contribution in [0.5, 0.6) is 0 Å². The summed E-state index contributed by atoms with van der Waals surface area (Å²) in [5.41, 5.74) is 4.66. The molecule has 2 aliphatic rings. The Bertz CT molecular complexity index is 932. The van der Waals surface area contributed by atoms with Crippen LogP contribution >= 0.6 is 0 Å². The molecule has 2 fully saturated rings. The normalized spacial score (nSPS) is 16.2. The molecule has 2 aliphatic carbocycles. The van der Waals surface area contributed by atoms with Gasteiger partial charge in [-0.05, 0) is 42.9 Å². The van der Waals surface area contributed by atoms with Crippen LogP contribution < -0.4 is 5.32 Å². The number of hydrogen-bond donors (Lipinski definition) is 1. The van der Waals surface area contributed by atoms with Crippen LogP contribution in [-0.4, -0.2) is 22.2 Å². The van der Waals surface area contributed by atoms with Gasteiger partial charge in [-0.3, -0.25) is 9.48 Å². The quantitative estimate of drug-likeness (QED) is 0.617. The summed E-state index contributed by atoms with van der Waals surface area (Å²) in [6.07, 6.45) is 5.08. The maximum absolute atomic E-state index is 13.1. The van der Waals surface area contributed by atoms with E-state index in [-0.39, 0.29) is 11.8 Å². The van der Waals surface area contributed by atoms with Crippen molar-refractivity contribution < 1.29 is 4.79 Å². The second-order valence-electron chi connectivity index (χ2n) is 8.31. The molecule has 0 unspecified atom stereocenters. The topological polar surface area (TPSA) is 46.9 Å². The standard InChI is InChI=1S/C25H27N3O/c29-25(24(20-7-3-1-4-8-20)21-9-5-2-6-10-21)26-15-16-28-23(19-13-14-19)17-22(27-28)18-11-12-18/h1-10,17-19,24H,11-16H2,(H,26,29). The third kappa shape index (κ3) is 4.12. The van der Waals surface area contributed by atoms with E-state index in [1.165, 1.54) is 37.1 Å². The lowest BCUT2D eigenvalue weighted by Crippen LogP contribution is -2.33. The third-order valence-corrected chi connectivity index (χ3v) is 5.97. The molecule has 1 heterocycles. The average molecular weight is 386 g/mol. The van der Waals surface area contributed by atoms with Crippen LogP contribution in [0.15, 0.2) is 66.7 Å². The first kappa shape index (κ1) is 18.2. The number of aromatic nitrogens is 2.